The molecule has 4 heteroatoms. The monoisotopic (exact) mass is 231 g/mol. The Morgan fingerprint density at radius 2 is 2.00 bits per heavy atom. The molecular weight excluding hydrogens is 206 g/mol. The van der Waals surface area contributed by atoms with Crippen LogP contribution in [-0.2, 0) is 9.53 Å². The van der Waals surface area contributed by atoms with Gasteiger partial charge in [-0.1, -0.05) is 27.7 Å². The fraction of sp³-hybridized carbons (Fsp3) is 0.917. The highest BCUT2D eigenvalue weighted by Gasteiger charge is 2.24. The molecule has 0 bridgehead atoms. The molecule has 16 heavy (non-hydrogen) atoms. The predicted molar refractivity (Wildman–Crippen MR) is 64.1 cm³/mol. The summed E-state index contributed by atoms with van der Waals surface area (Å²) in [7, 11) is 1.40. The fourth-order valence-electron chi connectivity index (χ4n) is 1.33. The van der Waals surface area contributed by atoms with Crippen LogP contribution in [0.4, 0.5) is 0 Å². The van der Waals surface area contributed by atoms with E-state index >= 15 is 0 Å². The molecule has 96 valence electrons. The van der Waals surface area contributed by atoms with Crippen molar-refractivity contribution in [3.05, 3.63) is 0 Å². The molecule has 0 amide bonds. The second kappa shape index (κ2) is 6.86. The number of ether oxygens (including phenoxy) is 1. The number of hydrogen-bond donors (Lipinski definition) is 2. The third kappa shape index (κ3) is 6.08. The van der Waals surface area contributed by atoms with Gasteiger partial charge in [0.25, 0.3) is 0 Å². The van der Waals surface area contributed by atoms with Gasteiger partial charge in [-0.05, 0) is 12.3 Å². The molecule has 0 saturated carbocycles. The summed E-state index contributed by atoms with van der Waals surface area (Å²) in [5.41, 5.74) is -0.219. The minimum atomic E-state index is -0.282. The summed E-state index contributed by atoms with van der Waals surface area (Å²) in [6.45, 7) is 8.71. The third-order valence-electron chi connectivity index (χ3n) is 2.45. The number of aliphatic hydroxyl groups is 1. The zero-order valence-corrected chi connectivity index (χ0v) is 11.0. The Morgan fingerprint density at radius 3 is 2.38 bits per heavy atom. The Labute approximate surface area is 98.4 Å². The molecule has 0 heterocycles. The topological polar surface area (TPSA) is 58.6 Å². The zero-order chi connectivity index (χ0) is 12.8. The van der Waals surface area contributed by atoms with E-state index in [0.29, 0.717) is 12.5 Å². The van der Waals surface area contributed by atoms with Crippen LogP contribution in [0.15, 0.2) is 0 Å². The molecule has 0 fully saturated rings. The molecule has 0 rings (SSSR count). The molecule has 0 aromatic rings. The largest absolute Gasteiger partial charge is 0.468 e. The quantitative estimate of drug-likeness (QED) is 0.646. The smallest absolute Gasteiger partial charge is 0.322 e. The first-order chi connectivity index (χ1) is 7.32. The fourth-order valence-corrected chi connectivity index (χ4v) is 1.33. The van der Waals surface area contributed by atoms with Crippen LogP contribution < -0.4 is 5.32 Å². The average Bonchev–Trinajstić information content (AvgIpc) is 2.22. The molecule has 0 aromatic carbocycles. The summed E-state index contributed by atoms with van der Waals surface area (Å²) in [5, 5.41) is 12.3. The standard InChI is InChI=1S/C12H25NO3/c1-9(2)6-10(11(15)16-5)13-7-12(3,4)8-14/h9-10,13-14H,6-8H2,1-5H3. The normalized spacial score (nSPS) is 13.9. The van der Waals surface area contributed by atoms with Crippen molar-refractivity contribution in [2.24, 2.45) is 11.3 Å². The molecule has 1 atom stereocenters. The lowest BCUT2D eigenvalue weighted by molar-refractivity contribution is -0.143. The number of esters is 1. The molecule has 0 saturated heterocycles. The highest BCUT2D eigenvalue weighted by atomic mass is 16.5. The molecule has 2 N–H and O–H groups in total. The van der Waals surface area contributed by atoms with E-state index in [-0.39, 0.29) is 24.0 Å². The summed E-state index contributed by atoms with van der Waals surface area (Å²) in [4.78, 5) is 11.5. The first-order valence-corrected chi connectivity index (χ1v) is 5.74. The first kappa shape index (κ1) is 15.4. The lowest BCUT2D eigenvalue weighted by Crippen LogP contribution is -2.44. The van der Waals surface area contributed by atoms with Crippen molar-refractivity contribution < 1.29 is 14.6 Å². The minimum absolute atomic E-state index is 0.0928. The summed E-state index contributed by atoms with van der Waals surface area (Å²) >= 11 is 0. The van der Waals surface area contributed by atoms with Crippen LogP contribution in [0.1, 0.15) is 34.1 Å². The van der Waals surface area contributed by atoms with E-state index in [9.17, 15) is 4.79 Å². The minimum Gasteiger partial charge on any atom is -0.468 e. The molecule has 1 unspecified atom stereocenters. The Kier molecular flexibility index (Phi) is 6.60. The van der Waals surface area contributed by atoms with Gasteiger partial charge in [0.05, 0.1) is 7.11 Å². The highest BCUT2D eigenvalue weighted by Crippen LogP contribution is 2.13. The van der Waals surface area contributed by atoms with Crippen molar-refractivity contribution in [1.29, 1.82) is 0 Å². The van der Waals surface area contributed by atoms with Gasteiger partial charge in [-0.2, -0.15) is 0 Å². The second-order valence-corrected chi connectivity index (χ2v) is 5.41. The molecule has 0 spiro atoms. The van der Waals surface area contributed by atoms with Crippen LogP contribution in [0.3, 0.4) is 0 Å². The Balaban J connectivity index is 4.27. The van der Waals surface area contributed by atoms with E-state index in [1.807, 2.05) is 13.8 Å². The van der Waals surface area contributed by atoms with Crippen LogP contribution in [0.25, 0.3) is 0 Å². The summed E-state index contributed by atoms with van der Waals surface area (Å²) < 4.78 is 4.75. The van der Waals surface area contributed by atoms with Gasteiger partial charge in [-0.3, -0.25) is 4.79 Å². The number of carbonyl (C=O) groups excluding carboxylic acids is 1. The molecule has 0 aliphatic heterocycles. The predicted octanol–water partition coefficient (Wildman–Crippen LogP) is 1.18. The van der Waals surface area contributed by atoms with E-state index in [1.165, 1.54) is 7.11 Å². The second-order valence-electron chi connectivity index (χ2n) is 5.41. The summed E-state index contributed by atoms with van der Waals surface area (Å²) in [6, 6.07) is -0.282. The molecule has 0 aliphatic carbocycles. The van der Waals surface area contributed by atoms with Gasteiger partial charge in [0.2, 0.25) is 0 Å². The van der Waals surface area contributed by atoms with Crippen LogP contribution in [0.2, 0.25) is 0 Å². The van der Waals surface area contributed by atoms with Crippen LogP contribution in [-0.4, -0.2) is 37.4 Å². The van der Waals surface area contributed by atoms with Gasteiger partial charge in [0.15, 0.2) is 0 Å². The SMILES string of the molecule is COC(=O)C(CC(C)C)NCC(C)(C)CO. The van der Waals surface area contributed by atoms with Crippen molar-refractivity contribution >= 4 is 5.97 Å². The number of carbonyl (C=O) groups is 1. The molecule has 0 aromatic heterocycles. The summed E-state index contributed by atoms with van der Waals surface area (Å²) in [5.74, 6) is 0.191. The molecule has 0 radical (unpaired) electrons. The van der Waals surface area contributed by atoms with Crippen molar-refractivity contribution in [2.45, 2.75) is 40.2 Å². The molecular formula is C12H25NO3. The summed E-state index contributed by atoms with van der Waals surface area (Å²) in [6.07, 6.45) is 0.744. The van der Waals surface area contributed by atoms with Crippen LogP contribution >= 0.6 is 0 Å². The van der Waals surface area contributed by atoms with E-state index in [4.69, 9.17) is 9.84 Å². The average molecular weight is 231 g/mol. The van der Waals surface area contributed by atoms with Crippen molar-refractivity contribution in [2.75, 3.05) is 20.3 Å². The van der Waals surface area contributed by atoms with E-state index in [1.54, 1.807) is 0 Å². The van der Waals surface area contributed by atoms with Crippen LogP contribution in [0.5, 0.6) is 0 Å². The molecule has 4 nitrogen and oxygen atoms in total. The van der Waals surface area contributed by atoms with Gasteiger partial charge in [0, 0.05) is 18.6 Å². The van der Waals surface area contributed by atoms with Crippen molar-refractivity contribution in [3.63, 3.8) is 0 Å². The Morgan fingerprint density at radius 1 is 1.44 bits per heavy atom. The number of hydrogen-bond acceptors (Lipinski definition) is 4. The van der Waals surface area contributed by atoms with Gasteiger partial charge in [-0.15, -0.1) is 0 Å². The Hall–Kier alpha value is -0.610. The van der Waals surface area contributed by atoms with Crippen molar-refractivity contribution in [3.8, 4) is 0 Å². The maximum Gasteiger partial charge on any atom is 0.322 e. The number of aliphatic hydroxyl groups excluding tert-OH is 1. The van der Waals surface area contributed by atoms with E-state index in [0.717, 1.165) is 6.42 Å². The van der Waals surface area contributed by atoms with Gasteiger partial charge >= 0.3 is 5.97 Å². The zero-order valence-electron chi connectivity index (χ0n) is 11.0. The lowest BCUT2D eigenvalue weighted by atomic mass is 9.94. The van der Waals surface area contributed by atoms with Gasteiger partial charge < -0.3 is 15.2 Å². The first-order valence-electron chi connectivity index (χ1n) is 5.74. The number of methoxy groups -OCH3 is 1. The van der Waals surface area contributed by atoms with E-state index in [2.05, 4.69) is 19.2 Å². The highest BCUT2D eigenvalue weighted by molar-refractivity contribution is 5.75. The van der Waals surface area contributed by atoms with E-state index < -0.39 is 0 Å². The van der Waals surface area contributed by atoms with Gasteiger partial charge in [0.1, 0.15) is 6.04 Å². The van der Waals surface area contributed by atoms with Gasteiger partial charge in [-0.25, -0.2) is 0 Å². The number of nitrogens with one attached hydrogen (secondary N) is 1. The van der Waals surface area contributed by atoms with Crippen LogP contribution in [0, 0.1) is 11.3 Å². The maximum absolute atomic E-state index is 11.5. The Bertz CT molecular complexity index is 214. The third-order valence-corrected chi connectivity index (χ3v) is 2.45. The lowest BCUT2D eigenvalue weighted by Gasteiger charge is -2.26. The number of rotatable bonds is 7. The molecule has 0 aliphatic rings. The van der Waals surface area contributed by atoms with Crippen molar-refractivity contribution in [1.82, 2.24) is 5.32 Å². The maximum atomic E-state index is 11.5.